The first-order valence-corrected chi connectivity index (χ1v) is 6.03. The van der Waals surface area contributed by atoms with Crippen LogP contribution in [-0.4, -0.2) is 22.7 Å². The molecule has 6 heteroatoms. The lowest BCUT2D eigenvalue weighted by Crippen LogP contribution is -2.53. The average molecular weight is 252 g/mol. The van der Waals surface area contributed by atoms with Crippen LogP contribution in [0, 0.1) is 6.92 Å². The van der Waals surface area contributed by atoms with Gasteiger partial charge in [-0.15, -0.1) is 11.3 Å². The summed E-state index contributed by atoms with van der Waals surface area (Å²) in [5, 5.41) is 2.15. The maximum absolute atomic E-state index is 11.7. The number of barbiturate groups is 1. The van der Waals surface area contributed by atoms with Crippen LogP contribution in [0.15, 0.2) is 12.1 Å². The predicted octanol–water partition coefficient (Wildman–Crippen LogP) is 1.59. The molecule has 1 aliphatic heterocycles. The highest BCUT2D eigenvalue weighted by molar-refractivity contribution is 7.12. The molecule has 0 aliphatic carbocycles. The van der Waals surface area contributed by atoms with Crippen LogP contribution in [0.4, 0.5) is 4.79 Å². The molecule has 1 aliphatic rings. The number of urea groups is 1. The molecular formula is C11H12N2O3S. The molecule has 0 aromatic carbocycles. The lowest BCUT2D eigenvalue weighted by molar-refractivity contribution is -0.137. The number of aryl methyl sites for hydroxylation is 1. The summed E-state index contributed by atoms with van der Waals surface area (Å²) in [5.41, 5.74) is 0. The van der Waals surface area contributed by atoms with Gasteiger partial charge in [0.25, 0.3) is 0 Å². The van der Waals surface area contributed by atoms with E-state index < -0.39 is 17.8 Å². The zero-order valence-electron chi connectivity index (χ0n) is 9.52. The Morgan fingerprint density at radius 2 is 2.06 bits per heavy atom. The number of carbonyl (C=O) groups is 3. The Labute approximate surface area is 102 Å². The van der Waals surface area contributed by atoms with Crippen LogP contribution in [0.5, 0.6) is 0 Å². The van der Waals surface area contributed by atoms with E-state index in [1.807, 2.05) is 19.1 Å². The van der Waals surface area contributed by atoms with E-state index in [-0.39, 0.29) is 12.5 Å². The molecular weight excluding hydrogens is 240 g/mol. The Kier molecular flexibility index (Phi) is 2.97. The van der Waals surface area contributed by atoms with E-state index >= 15 is 0 Å². The maximum atomic E-state index is 11.7. The maximum Gasteiger partial charge on any atom is 0.331 e. The summed E-state index contributed by atoms with van der Waals surface area (Å²) in [6, 6.07) is 2.86. The fourth-order valence-corrected chi connectivity index (χ4v) is 2.68. The number of nitrogens with zero attached hydrogens (tertiary/aromatic N) is 1. The highest BCUT2D eigenvalue weighted by atomic mass is 32.1. The second-order valence-electron chi connectivity index (χ2n) is 3.92. The summed E-state index contributed by atoms with van der Waals surface area (Å²) in [7, 11) is 0. The van der Waals surface area contributed by atoms with Gasteiger partial charge in [0.15, 0.2) is 0 Å². The third kappa shape index (κ3) is 2.21. The van der Waals surface area contributed by atoms with Crippen LogP contribution in [0.3, 0.4) is 0 Å². The first-order valence-electron chi connectivity index (χ1n) is 5.21. The molecule has 17 heavy (non-hydrogen) atoms. The normalized spacial score (nSPS) is 18.2. The molecule has 0 saturated carbocycles. The molecule has 1 fully saturated rings. The van der Waals surface area contributed by atoms with Gasteiger partial charge in [-0.05, 0) is 26.0 Å². The molecule has 4 amide bonds. The Hall–Kier alpha value is -1.69. The van der Waals surface area contributed by atoms with Gasteiger partial charge < -0.3 is 0 Å². The molecule has 2 heterocycles. The number of amides is 4. The van der Waals surface area contributed by atoms with Gasteiger partial charge in [-0.25, -0.2) is 4.79 Å². The fraction of sp³-hybridized carbons (Fsp3) is 0.364. The lowest BCUT2D eigenvalue weighted by Gasteiger charge is -2.29. The summed E-state index contributed by atoms with van der Waals surface area (Å²) in [6.45, 7) is 3.74. The largest absolute Gasteiger partial charge is 0.331 e. The summed E-state index contributed by atoms with van der Waals surface area (Å²) in [5.74, 6) is -0.983. The minimum absolute atomic E-state index is 0.263. The lowest BCUT2D eigenvalue weighted by atomic mass is 10.2. The van der Waals surface area contributed by atoms with Gasteiger partial charge in [-0.2, -0.15) is 0 Å². The van der Waals surface area contributed by atoms with E-state index in [2.05, 4.69) is 5.32 Å². The third-order valence-electron chi connectivity index (χ3n) is 2.61. The molecule has 1 N–H and O–H groups in total. The molecule has 2 rings (SSSR count). The number of hydrogen-bond acceptors (Lipinski definition) is 4. The van der Waals surface area contributed by atoms with Crippen molar-refractivity contribution in [3.63, 3.8) is 0 Å². The van der Waals surface area contributed by atoms with Crippen molar-refractivity contribution in [1.29, 1.82) is 0 Å². The van der Waals surface area contributed by atoms with E-state index in [0.29, 0.717) is 0 Å². The molecule has 0 radical (unpaired) electrons. The van der Waals surface area contributed by atoms with Crippen molar-refractivity contribution in [3.8, 4) is 0 Å². The van der Waals surface area contributed by atoms with Crippen LogP contribution >= 0.6 is 11.3 Å². The van der Waals surface area contributed by atoms with Crippen molar-refractivity contribution in [2.24, 2.45) is 0 Å². The molecule has 1 saturated heterocycles. The van der Waals surface area contributed by atoms with Crippen molar-refractivity contribution in [2.75, 3.05) is 0 Å². The van der Waals surface area contributed by atoms with Gasteiger partial charge in [0, 0.05) is 9.75 Å². The number of rotatable bonds is 2. The number of carbonyl (C=O) groups excluding carboxylic acids is 3. The highest BCUT2D eigenvalue weighted by Gasteiger charge is 2.35. The minimum Gasteiger partial charge on any atom is -0.277 e. The second kappa shape index (κ2) is 4.29. The highest BCUT2D eigenvalue weighted by Crippen LogP contribution is 2.28. The number of imide groups is 2. The molecule has 90 valence electrons. The summed E-state index contributed by atoms with van der Waals surface area (Å²) in [4.78, 5) is 37.5. The smallest absolute Gasteiger partial charge is 0.277 e. The van der Waals surface area contributed by atoms with Crippen molar-refractivity contribution in [1.82, 2.24) is 10.2 Å². The number of nitrogens with one attached hydrogen (secondary N) is 1. The van der Waals surface area contributed by atoms with Gasteiger partial charge >= 0.3 is 6.03 Å². The molecule has 0 spiro atoms. The van der Waals surface area contributed by atoms with Crippen LogP contribution in [0.25, 0.3) is 0 Å². The topological polar surface area (TPSA) is 66.5 Å². The van der Waals surface area contributed by atoms with Crippen molar-refractivity contribution in [2.45, 2.75) is 26.3 Å². The second-order valence-corrected chi connectivity index (χ2v) is 5.24. The predicted molar refractivity (Wildman–Crippen MR) is 62.5 cm³/mol. The van der Waals surface area contributed by atoms with E-state index in [1.165, 1.54) is 11.3 Å². The average Bonchev–Trinajstić information content (AvgIpc) is 2.63. The molecule has 1 aromatic rings. The Balaban J connectivity index is 2.24. The SMILES string of the molecule is Cc1ccc(C(C)N2C(=O)CC(=O)NC2=O)s1. The molecule has 1 atom stereocenters. The summed E-state index contributed by atoms with van der Waals surface area (Å²) >= 11 is 1.54. The van der Waals surface area contributed by atoms with Gasteiger partial charge in [-0.3, -0.25) is 19.8 Å². The monoisotopic (exact) mass is 252 g/mol. The minimum atomic E-state index is -0.634. The standard InChI is InChI=1S/C11H12N2O3S/c1-6-3-4-8(17-6)7(2)13-10(15)5-9(14)12-11(13)16/h3-4,7H,5H2,1-2H3,(H,12,14,16). The number of hydrogen-bond donors (Lipinski definition) is 1. The Morgan fingerprint density at radius 3 is 2.59 bits per heavy atom. The van der Waals surface area contributed by atoms with Crippen LogP contribution in [0.2, 0.25) is 0 Å². The quantitative estimate of drug-likeness (QED) is 0.813. The van der Waals surface area contributed by atoms with Crippen molar-refractivity contribution < 1.29 is 14.4 Å². The van der Waals surface area contributed by atoms with Gasteiger partial charge in [0.2, 0.25) is 11.8 Å². The molecule has 1 aromatic heterocycles. The number of thiophene rings is 1. The van der Waals surface area contributed by atoms with E-state index in [1.54, 1.807) is 6.92 Å². The van der Waals surface area contributed by atoms with Crippen LogP contribution in [-0.2, 0) is 9.59 Å². The zero-order chi connectivity index (χ0) is 12.6. The molecule has 0 bridgehead atoms. The van der Waals surface area contributed by atoms with E-state index in [9.17, 15) is 14.4 Å². The van der Waals surface area contributed by atoms with Gasteiger partial charge in [0.1, 0.15) is 6.42 Å². The van der Waals surface area contributed by atoms with Crippen molar-refractivity contribution >= 4 is 29.2 Å². The molecule has 1 unspecified atom stereocenters. The van der Waals surface area contributed by atoms with E-state index in [4.69, 9.17) is 0 Å². The first-order chi connectivity index (χ1) is 7.99. The fourth-order valence-electron chi connectivity index (χ4n) is 1.76. The van der Waals surface area contributed by atoms with Crippen LogP contribution in [0.1, 0.15) is 29.1 Å². The zero-order valence-corrected chi connectivity index (χ0v) is 10.3. The van der Waals surface area contributed by atoms with Crippen molar-refractivity contribution in [3.05, 3.63) is 21.9 Å². The summed E-state index contributed by atoms with van der Waals surface area (Å²) in [6.07, 6.45) is -0.263. The Morgan fingerprint density at radius 1 is 1.35 bits per heavy atom. The van der Waals surface area contributed by atoms with E-state index in [0.717, 1.165) is 14.7 Å². The van der Waals surface area contributed by atoms with Crippen LogP contribution < -0.4 is 5.32 Å². The first kappa shape index (κ1) is 11.8. The van der Waals surface area contributed by atoms with Gasteiger partial charge in [-0.1, -0.05) is 0 Å². The van der Waals surface area contributed by atoms with Gasteiger partial charge in [0.05, 0.1) is 6.04 Å². The third-order valence-corrected chi connectivity index (χ3v) is 3.78. The summed E-state index contributed by atoms with van der Waals surface area (Å²) < 4.78 is 0. The molecule has 5 nitrogen and oxygen atoms in total. The Bertz CT molecular complexity index is 475.